The van der Waals surface area contributed by atoms with E-state index in [0.717, 1.165) is 24.2 Å². The van der Waals surface area contributed by atoms with Crippen LogP contribution in [-0.2, 0) is 0 Å². The van der Waals surface area contributed by atoms with Gasteiger partial charge in [-0.25, -0.2) is 4.39 Å². The molecule has 0 aliphatic rings. The third-order valence-corrected chi connectivity index (χ3v) is 3.10. The highest BCUT2D eigenvalue weighted by atomic mass is 19.1. The van der Waals surface area contributed by atoms with Gasteiger partial charge in [-0.1, -0.05) is 25.1 Å². The molecule has 0 saturated carbocycles. The van der Waals surface area contributed by atoms with Crippen LogP contribution in [0.5, 0.6) is 0 Å². The van der Waals surface area contributed by atoms with Crippen molar-refractivity contribution >= 4 is 0 Å². The topological polar surface area (TPSA) is 24.9 Å². The molecule has 1 aromatic heterocycles. The zero-order valence-corrected chi connectivity index (χ0v) is 11.4. The standard InChI is InChI=1S/C16H19FN2/c1-3-9-19-16(15-6-4-5-10-18-15)13-7-8-14(17)12(2)11-13/h4-8,10-11,16,19H,3,9H2,1-2H3. The molecular formula is C16H19FN2. The van der Waals surface area contributed by atoms with E-state index in [2.05, 4.69) is 17.2 Å². The first-order chi connectivity index (χ1) is 9.22. The second kappa shape index (κ2) is 6.43. The summed E-state index contributed by atoms with van der Waals surface area (Å²) in [6.07, 6.45) is 2.83. The summed E-state index contributed by atoms with van der Waals surface area (Å²) >= 11 is 0. The summed E-state index contributed by atoms with van der Waals surface area (Å²) in [6, 6.07) is 11.1. The molecule has 0 fully saturated rings. The largest absolute Gasteiger partial charge is 0.305 e. The normalized spacial score (nSPS) is 12.4. The fourth-order valence-electron chi connectivity index (χ4n) is 2.08. The lowest BCUT2D eigenvalue weighted by molar-refractivity contribution is 0.580. The van der Waals surface area contributed by atoms with Crippen molar-refractivity contribution < 1.29 is 4.39 Å². The summed E-state index contributed by atoms with van der Waals surface area (Å²) in [5, 5.41) is 3.46. The van der Waals surface area contributed by atoms with Crippen LogP contribution in [0.15, 0.2) is 42.6 Å². The summed E-state index contributed by atoms with van der Waals surface area (Å²) in [6.45, 7) is 4.81. The lowest BCUT2D eigenvalue weighted by atomic mass is 10.0. The van der Waals surface area contributed by atoms with E-state index in [0.29, 0.717) is 5.56 Å². The average molecular weight is 258 g/mol. The average Bonchev–Trinajstić information content (AvgIpc) is 2.44. The predicted octanol–water partition coefficient (Wildman–Crippen LogP) is 3.62. The molecule has 100 valence electrons. The van der Waals surface area contributed by atoms with Gasteiger partial charge in [0, 0.05) is 6.20 Å². The number of rotatable bonds is 5. The van der Waals surface area contributed by atoms with E-state index < -0.39 is 0 Å². The van der Waals surface area contributed by atoms with Crippen molar-refractivity contribution in [2.24, 2.45) is 0 Å². The van der Waals surface area contributed by atoms with Crippen LogP contribution in [0, 0.1) is 12.7 Å². The van der Waals surface area contributed by atoms with Crippen molar-refractivity contribution in [1.29, 1.82) is 0 Å². The van der Waals surface area contributed by atoms with Crippen molar-refractivity contribution in [1.82, 2.24) is 10.3 Å². The van der Waals surface area contributed by atoms with Gasteiger partial charge in [-0.2, -0.15) is 0 Å². The monoisotopic (exact) mass is 258 g/mol. The Morgan fingerprint density at radius 2 is 2.11 bits per heavy atom. The molecular weight excluding hydrogens is 239 g/mol. The molecule has 0 aliphatic carbocycles. The van der Waals surface area contributed by atoms with Crippen LogP contribution in [0.2, 0.25) is 0 Å². The van der Waals surface area contributed by atoms with Crippen LogP contribution in [-0.4, -0.2) is 11.5 Å². The quantitative estimate of drug-likeness (QED) is 0.886. The van der Waals surface area contributed by atoms with Gasteiger partial charge in [0.25, 0.3) is 0 Å². The molecule has 1 heterocycles. The highest BCUT2D eigenvalue weighted by molar-refractivity contribution is 5.31. The van der Waals surface area contributed by atoms with Crippen molar-refractivity contribution in [2.45, 2.75) is 26.3 Å². The molecule has 3 heteroatoms. The molecule has 2 aromatic rings. The van der Waals surface area contributed by atoms with Gasteiger partial charge >= 0.3 is 0 Å². The fourth-order valence-corrected chi connectivity index (χ4v) is 2.08. The first kappa shape index (κ1) is 13.7. The molecule has 1 unspecified atom stereocenters. The molecule has 0 bridgehead atoms. The van der Waals surface area contributed by atoms with Gasteiger partial charge in [-0.3, -0.25) is 4.98 Å². The Kier molecular flexibility index (Phi) is 4.63. The van der Waals surface area contributed by atoms with E-state index in [9.17, 15) is 4.39 Å². The highest BCUT2D eigenvalue weighted by Gasteiger charge is 2.15. The summed E-state index contributed by atoms with van der Waals surface area (Å²) < 4.78 is 13.4. The number of aryl methyl sites for hydroxylation is 1. The Morgan fingerprint density at radius 3 is 2.74 bits per heavy atom. The smallest absolute Gasteiger partial charge is 0.126 e. The van der Waals surface area contributed by atoms with Crippen LogP contribution < -0.4 is 5.32 Å². The number of halogens is 1. The molecule has 0 amide bonds. The van der Waals surface area contributed by atoms with Gasteiger partial charge in [0.1, 0.15) is 5.82 Å². The number of nitrogens with one attached hydrogen (secondary N) is 1. The van der Waals surface area contributed by atoms with E-state index in [1.165, 1.54) is 6.07 Å². The van der Waals surface area contributed by atoms with Crippen molar-refractivity contribution in [3.63, 3.8) is 0 Å². The Hall–Kier alpha value is -1.74. The van der Waals surface area contributed by atoms with Crippen molar-refractivity contribution in [3.8, 4) is 0 Å². The van der Waals surface area contributed by atoms with Crippen LogP contribution in [0.4, 0.5) is 4.39 Å². The Balaban J connectivity index is 2.34. The lowest BCUT2D eigenvalue weighted by Gasteiger charge is -2.19. The number of aromatic nitrogens is 1. The fraction of sp³-hybridized carbons (Fsp3) is 0.312. The van der Waals surface area contributed by atoms with Gasteiger partial charge in [-0.05, 0) is 49.2 Å². The third-order valence-electron chi connectivity index (χ3n) is 3.10. The van der Waals surface area contributed by atoms with Gasteiger partial charge in [0.05, 0.1) is 11.7 Å². The maximum absolute atomic E-state index is 13.4. The molecule has 0 radical (unpaired) electrons. The second-order valence-corrected chi connectivity index (χ2v) is 4.65. The molecule has 1 aromatic carbocycles. The summed E-state index contributed by atoms with van der Waals surface area (Å²) in [4.78, 5) is 4.40. The molecule has 2 nitrogen and oxygen atoms in total. The first-order valence-electron chi connectivity index (χ1n) is 6.62. The minimum atomic E-state index is -0.168. The minimum absolute atomic E-state index is 0.0143. The van der Waals surface area contributed by atoms with Gasteiger partial charge in [0.15, 0.2) is 0 Å². The minimum Gasteiger partial charge on any atom is -0.305 e. The van der Waals surface area contributed by atoms with Crippen LogP contribution in [0.25, 0.3) is 0 Å². The van der Waals surface area contributed by atoms with Gasteiger partial charge in [-0.15, -0.1) is 0 Å². The first-order valence-corrected chi connectivity index (χ1v) is 6.62. The molecule has 1 atom stereocenters. The number of hydrogen-bond acceptors (Lipinski definition) is 2. The van der Waals surface area contributed by atoms with Crippen LogP contribution in [0.3, 0.4) is 0 Å². The SMILES string of the molecule is CCCNC(c1ccc(F)c(C)c1)c1ccccn1. The zero-order valence-electron chi connectivity index (χ0n) is 11.4. The molecule has 1 N–H and O–H groups in total. The number of pyridine rings is 1. The van der Waals surface area contributed by atoms with Crippen molar-refractivity contribution in [2.75, 3.05) is 6.54 Å². The second-order valence-electron chi connectivity index (χ2n) is 4.65. The Labute approximate surface area is 113 Å². The number of hydrogen-bond donors (Lipinski definition) is 1. The van der Waals surface area contributed by atoms with Gasteiger partial charge in [0.2, 0.25) is 0 Å². The summed E-state index contributed by atoms with van der Waals surface area (Å²) in [7, 11) is 0. The molecule has 0 aliphatic heterocycles. The maximum Gasteiger partial charge on any atom is 0.126 e. The van der Waals surface area contributed by atoms with E-state index in [-0.39, 0.29) is 11.9 Å². The highest BCUT2D eigenvalue weighted by Crippen LogP contribution is 2.22. The molecule has 19 heavy (non-hydrogen) atoms. The maximum atomic E-state index is 13.4. The molecule has 0 saturated heterocycles. The van der Waals surface area contributed by atoms with Crippen LogP contribution in [0.1, 0.15) is 36.2 Å². The lowest BCUT2D eigenvalue weighted by Crippen LogP contribution is -2.24. The number of nitrogens with zero attached hydrogens (tertiary/aromatic N) is 1. The van der Waals surface area contributed by atoms with E-state index in [1.807, 2.05) is 30.3 Å². The summed E-state index contributed by atoms with van der Waals surface area (Å²) in [5.74, 6) is -0.168. The van der Waals surface area contributed by atoms with E-state index in [4.69, 9.17) is 0 Å². The molecule has 0 spiro atoms. The number of benzene rings is 1. The Morgan fingerprint density at radius 1 is 1.26 bits per heavy atom. The van der Waals surface area contributed by atoms with Crippen LogP contribution >= 0.6 is 0 Å². The van der Waals surface area contributed by atoms with E-state index >= 15 is 0 Å². The third kappa shape index (κ3) is 3.38. The predicted molar refractivity (Wildman–Crippen MR) is 75.5 cm³/mol. The van der Waals surface area contributed by atoms with Crippen molar-refractivity contribution in [3.05, 3.63) is 65.2 Å². The van der Waals surface area contributed by atoms with E-state index in [1.54, 1.807) is 13.1 Å². The zero-order chi connectivity index (χ0) is 13.7. The van der Waals surface area contributed by atoms with Gasteiger partial charge < -0.3 is 5.32 Å². The Bertz CT molecular complexity index is 526. The molecule has 2 rings (SSSR count). The summed E-state index contributed by atoms with van der Waals surface area (Å²) in [5.41, 5.74) is 2.67.